The highest BCUT2D eigenvalue weighted by molar-refractivity contribution is 5.76. The molecule has 0 heterocycles. The summed E-state index contributed by atoms with van der Waals surface area (Å²) in [4.78, 5) is 11.7. The van der Waals surface area contributed by atoms with Gasteiger partial charge in [-0.1, -0.05) is 37.3 Å². The van der Waals surface area contributed by atoms with Gasteiger partial charge < -0.3 is 10.4 Å². The SMILES string of the molecule is CCCCC(=O)NC(C)c1ccc(C#CCCO)cc1. The summed E-state index contributed by atoms with van der Waals surface area (Å²) < 4.78 is 0. The molecule has 0 aliphatic heterocycles. The van der Waals surface area contributed by atoms with Gasteiger partial charge in [0.25, 0.3) is 0 Å². The van der Waals surface area contributed by atoms with Gasteiger partial charge in [-0.25, -0.2) is 0 Å². The van der Waals surface area contributed by atoms with Crippen LogP contribution in [0.15, 0.2) is 24.3 Å². The Kier molecular flexibility index (Phi) is 7.46. The Labute approximate surface area is 121 Å². The molecule has 1 aromatic rings. The number of unbranched alkanes of at least 4 members (excludes halogenated alkanes) is 1. The molecule has 0 aliphatic rings. The van der Waals surface area contributed by atoms with Gasteiger partial charge in [0.05, 0.1) is 12.6 Å². The van der Waals surface area contributed by atoms with Crippen LogP contribution in [0.2, 0.25) is 0 Å². The highest BCUT2D eigenvalue weighted by Gasteiger charge is 2.08. The van der Waals surface area contributed by atoms with E-state index >= 15 is 0 Å². The summed E-state index contributed by atoms with van der Waals surface area (Å²) in [7, 11) is 0. The monoisotopic (exact) mass is 273 g/mol. The molecule has 0 saturated carbocycles. The Morgan fingerprint density at radius 2 is 2.05 bits per heavy atom. The zero-order valence-corrected chi connectivity index (χ0v) is 12.3. The maximum absolute atomic E-state index is 11.7. The summed E-state index contributed by atoms with van der Waals surface area (Å²) in [6.07, 6.45) is 3.04. The number of carbonyl (C=O) groups excluding carboxylic acids is 1. The van der Waals surface area contributed by atoms with Crippen LogP contribution in [-0.2, 0) is 4.79 Å². The number of benzene rings is 1. The van der Waals surface area contributed by atoms with Gasteiger partial charge in [0.1, 0.15) is 0 Å². The van der Waals surface area contributed by atoms with Crippen LogP contribution in [0.25, 0.3) is 0 Å². The van der Waals surface area contributed by atoms with Gasteiger partial charge in [0.2, 0.25) is 5.91 Å². The largest absolute Gasteiger partial charge is 0.395 e. The van der Waals surface area contributed by atoms with Crippen molar-refractivity contribution in [2.24, 2.45) is 0 Å². The van der Waals surface area contributed by atoms with Crippen molar-refractivity contribution >= 4 is 5.91 Å². The van der Waals surface area contributed by atoms with E-state index < -0.39 is 0 Å². The molecular weight excluding hydrogens is 250 g/mol. The zero-order valence-electron chi connectivity index (χ0n) is 12.3. The van der Waals surface area contributed by atoms with Gasteiger partial charge in [0.15, 0.2) is 0 Å². The van der Waals surface area contributed by atoms with Crippen molar-refractivity contribution in [2.45, 2.75) is 45.6 Å². The van der Waals surface area contributed by atoms with Gasteiger partial charge in [-0.3, -0.25) is 4.79 Å². The average Bonchev–Trinajstić information content (AvgIpc) is 2.46. The van der Waals surface area contributed by atoms with Crippen LogP contribution in [0.1, 0.15) is 56.7 Å². The smallest absolute Gasteiger partial charge is 0.220 e. The molecule has 1 amide bonds. The second kappa shape index (κ2) is 9.17. The second-order valence-electron chi connectivity index (χ2n) is 4.79. The van der Waals surface area contributed by atoms with E-state index in [1.807, 2.05) is 31.2 Å². The first-order valence-electron chi connectivity index (χ1n) is 7.16. The summed E-state index contributed by atoms with van der Waals surface area (Å²) >= 11 is 0. The highest BCUT2D eigenvalue weighted by atomic mass is 16.2. The van der Waals surface area contributed by atoms with E-state index in [0.717, 1.165) is 24.0 Å². The predicted molar refractivity (Wildman–Crippen MR) is 81.1 cm³/mol. The lowest BCUT2D eigenvalue weighted by Gasteiger charge is -2.14. The molecule has 20 heavy (non-hydrogen) atoms. The lowest BCUT2D eigenvalue weighted by Crippen LogP contribution is -2.26. The molecule has 1 atom stereocenters. The maximum atomic E-state index is 11.7. The molecule has 2 N–H and O–H groups in total. The van der Waals surface area contributed by atoms with Crippen LogP contribution in [0.5, 0.6) is 0 Å². The Bertz CT molecular complexity index is 468. The van der Waals surface area contributed by atoms with Crippen molar-refractivity contribution in [1.82, 2.24) is 5.32 Å². The Morgan fingerprint density at radius 1 is 1.35 bits per heavy atom. The minimum atomic E-state index is 0.0128. The second-order valence-corrected chi connectivity index (χ2v) is 4.79. The minimum absolute atomic E-state index is 0.0128. The summed E-state index contributed by atoms with van der Waals surface area (Å²) in [5.41, 5.74) is 1.99. The molecule has 108 valence electrons. The van der Waals surface area contributed by atoms with E-state index in [1.165, 1.54) is 0 Å². The molecule has 0 radical (unpaired) electrons. The van der Waals surface area contributed by atoms with Gasteiger partial charge >= 0.3 is 0 Å². The molecule has 0 fully saturated rings. The third-order valence-corrected chi connectivity index (χ3v) is 3.02. The van der Waals surface area contributed by atoms with E-state index in [1.54, 1.807) is 0 Å². The zero-order chi connectivity index (χ0) is 14.8. The first kappa shape index (κ1) is 16.3. The normalized spacial score (nSPS) is 11.3. The summed E-state index contributed by atoms with van der Waals surface area (Å²) in [5, 5.41) is 11.7. The van der Waals surface area contributed by atoms with Crippen molar-refractivity contribution in [3.63, 3.8) is 0 Å². The molecule has 0 aromatic heterocycles. The first-order chi connectivity index (χ1) is 9.67. The lowest BCUT2D eigenvalue weighted by molar-refractivity contribution is -0.121. The highest BCUT2D eigenvalue weighted by Crippen LogP contribution is 2.13. The summed E-state index contributed by atoms with van der Waals surface area (Å²) in [5.74, 6) is 5.97. The molecule has 1 unspecified atom stereocenters. The Morgan fingerprint density at radius 3 is 2.65 bits per heavy atom. The third kappa shape index (κ3) is 5.90. The van der Waals surface area contributed by atoms with Crippen LogP contribution in [0.3, 0.4) is 0 Å². The molecule has 1 aromatic carbocycles. The number of nitrogens with one attached hydrogen (secondary N) is 1. The number of hydrogen-bond acceptors (Lipinski definition) is 2. The fraction of sp³-hybridized carbons (Fsp3) is 0.471. The van der Waals surface area contributed by atoms with Crippen LogP contribution >= 0.6 is 0 Å². The number of rotatable bonds is 6. The Balaban J connectivity index is 2.55. The van der Waals surface area contributed by atoms with Crippen molar-refractivity contribution in [3.8, 4) is 11.8 Å². The number of carbonyl (C=O) groups is 1. The quantitative estimate of drug-likeness (QED) is 0.783. The molecule has 3 nitrogen and oxygen atoms in total. The molecule has 0 bridgehead atoms. The van der Waals surface area contributed by atoms with Crippen LogP contribution < -0.4 is 5.32 Å². The van der Waals surface area contributed by atoms with Crippen LogP contribution in [0.4, 0.5) is 0 Å². The van der Waals surface area contributed by atoms with E-state index in [0.29, 0.717) is 12.8 Å². The lowest BCUT2D eigenvalue weighted by atomic mass is 10.1. The minimum Gasteiger partial charge on any atom is -0.395 e. The Hall–Kier alpha value is -1.79. The van der Waals surface area contributed by atoms with E-state index in [9.17, 15) is 4.79 Å². The topological polar surface area (TPSA) is 49.3 Å². The number of aliphatic hydroxyl groups excluding tert-OH is 1. The van der Waals surface area contributed by atoms with Gasteiger partial charge in [-0.05, 0) is 31.0 Å². The van der Waals surface area contributed by atoms with Crippen molar-refractivity contribution in [3.05, 3.63) is 35.4 Å². The number of hydrogen-bond donors (Lipinski definition) is 2. The molecule has 0 aliphatic carbocycles. The van der Waals surface area contributed by atoms with Gasteiger partial charge in [0, 0.05) is 18.4 Å². The summed E-state index contributed by atoms with van der Waals surface area (Å²) in [6.45, 7) is 4.15. The van der Waals surface area contributed by atoms with Gasteiger partial charge in [-0.2, -0.15) is 0 Å². The molecule has 0 saturated heterocycles. The first-order valence-corrected chi connectivity index (χ1v) is 7.16. The van der Waals surface area contributed by atoms with Crippen LogP contribution in [0, 0.1) is 11.8 Å². The number of aliphatic hydroxyl groups is 1. The molecular formula is C17H23NO2. The summed E-state index contributed by atoms with van der Waals surface area (Å²) in [6, 6.07) is 7.85. The molecule has 3 heteroatoms. The fourth-order valence-electron chi connectivity index (χ4n) is 1.81. The van der Waals surface area contributed by atoms with Crippen molar-refractivity contribution < 1.29 is 9.90 Å². The van der Waals surface area contributed by atoms with E-state index in [2.05, 4.69) is 24.1 Å². The van der Waals surface area contributed by atoms with Crippen LogP contribution in [-0.4, -0.2) is 17.6 Å². The van der Waals surface area contributed by atoms with E-state index in [4.69, 9.17) is 5.11 Å². The fourth-order valence-corrected chi connectivity index (χ4v) is 1.81. The third-order valence-electron chi connectivity index (χ3n) is 3.02. The van der Waals surface area contributed by atoms with Gasteiger partial charge in [-0.15, -0.1) is 0 Å². The van der Waals surface area contributed by atoms with Crippen molar-refractivity contribution in [1.29, 1.82) is 0 Å². The van der Waals surface area contributed by atoms with E-state index in [-0.39, 0.29) is 18.6 Å². The predicted octanol–water partition coefficient (Wildman–Crippen LogP) is 2.79. The molecule has 0 spiro atoms. The number of amides is 1. The maximum Gasteiger partial charge on any atom is 0.220 e. The molecule has 1 rings (SSSR count). The standard InChI is InChI=1S/C17H23NO2/c1-3-4-8-17(20)18-14(2)16-11-9-15(10-12-16)7-5-6-13-19/h9-12,14,19H,3-4,6,8,13H2,1-2H3,(H,18,20). The average molecular weight is 273 g/mol. The van der Waals surface area contributed by atoms with Crippen molar-refractivity contribution in [2.75, 3.05) is 6.61 Å².